The molecule has 1 atom stereocenters. The van der Waals surface area contributed by atoms with Crippen LogP contribution in [0.5, 0.6) is 0 Å². The van der Waals surface area contributed by atoms with Crippen LogP contribution >= 0.6 is 0 Å². The predicted molar refractivity (Wildman–Crippen MR) is 91.5 cm³/mol. The molecule has 0 radical (unpaired) electrons. The number of nitrogens with zero attached hydrogens (tertiary/aromatic N) is 3. The predicted octanol–water partition coefficient (Wildman–Crippen LogP) is 2.89. The number of nitrogens with one attached hydrogen (secondary N) is 1. The molecule has 1 aromatic heterocycles. The molecule has 0 aliphatic carbocycles. The van der Waals surface area contributed by atoms with E-state index in [0.29, 0.717) is 26.2 Å². The average molecular weight is 318 g/mol. The maximum absolute atomic E-state index is 12.1. The van der Waals surface area contributed by atoms with Gasteiger partial charge in [-0.05, 0) is 26.8 Å². The topological polar surface area (TPSA) is 69.5 Å². The number of hydrogen-bond donors (Lipinski definition) is 1. The Kier molecular flexibility index (Phi) is 5.23. The molecule has 2 rings (SSSR count). The largest absolute Gasteiger partial charge is 0.444 e. The molecule has 0 spiro atoms. The first kappa shape index (κ1) is 17.2. The lowest BCUT2D eigenvalue weighted by Gasteiger charge is -2.37. The van der Waals surface area contributed by atoms with Gasteiger partial charge in [-0.1, -0.05) is 13.0 Å². The molecule has 126 valence electrons. The van der Waals surface area contributed by atoms with Crippen molar-refractivity contribution in [3.05, 3.63) is 23.9 Å². The lowest BCUT2D eigenvalue weighted by Crippen LogP contribution is -2.50. The van der Waals surface area contributed by atoms with Gasteiger partial charge in [0.1, 0.15) is 11.4 Å². The summed E-state index contributed by atoms with van der Waals surface area (Å²) in [5.74, 6) is 0.940. The third kappa shape index (κ3) is 4.43. The van der Waals surface area contributed by atoms with Crippen LogP contribution in [-0.2, 0) is 4.74 Å². The Hall–Kier alpha value is -2.11. The van der Waals surface area contributed by atoms with Gasteiger partial charge in [-0.25, -0.2) is 9.78 Å². The Bertz CT molecular complexity index is 560. The Morgan fingerprint density at radius 1 is 1.35 bits per heavy atom. The van der Waals surface area contributed by atoms with Gasteiger partial charge in [0.25, 0.3) is 0 Å². The molecule has 1 aliphatic heterocycles. The second-order valence-electron chi connectivity index (χ2n) is 6.83. The van der Waals surface area contributed by atoms with Crippen molar-refractivity contribution in [2.75, 3.05) is 31.1 Å². The number of ether oxygens (including phenoxy) is 1. The monoisotopic (exact) mass is 318 g/mol. The zero-order chi connectivity index (χ0) is 17.0. The second-order valence-corrected chi connectivity index (χ2v) is 6.83. The average Bonchev–Trinajstić information content (AvgIpc) is 2.52. The van der Waals surface area contributed by atoms with Crippen molar-refractivity contribution in [1.82, 2.24) is 9.88 Å². The summed E-state index contributed by atoms with van der Waals surface area (Å²) in [5, 5.41) is 7.49. The van der Waals surface area contributed by atoms with Crippen LogP contribution in [0.1, 0.15) is 39.2 Å². The summed E-state index contributed by atoms with van der Waals surface area (Å²) in [4.78, 5) is 20.5. The van der Waals surface area contributed by atoms with Crippen molar-refractivity contribution in [1.29, 1.82) is 5.41 Å². The highest BCUT2D eigenvalue weighted by molar-refractivity contribution is 5.70. The zero-order valence-electron chi connectivity index (χ0n) is 14.4. The Labute approximate surface area is 138 Å². The van der Waals surface area contributed by atoms with Crippen LogP contribution in [0.3, 0.4) is 0 Å². The van der Waals surface area contributed by atoms with Crippen LogP contribution in [-0.4, -0.2) is 54.0 Å². The maximum Gasteiger partial charge on any atom is 0.410 e. The molecule has 1 N–H and O–H groups in total. The standard InChI is InChI=1S/C17H26N4O2/c1-13(12-18)14-6-5-7-19-15(14)20-8-10-21(11-9-20)16(22)23-17(2,3)4/h5-7,12-13,18H,8-11H2,1-4H3. The number of anilines is 1. The molecule has 0 bridgehead atoms. The third-order valence-electron chi connectivity index (χ3n) is 3.79. The summed E-state index contributed by atoms with van der Waals surface area (Å²) in [5.41, 5.74) is 0.579. The van der Waals surface area contributed by atoms with Gasteiger partial charge in [0.2, 0.25) is 0 Å². The van der Waals surface area contributed by atoms with Gasteiger partial charge in [-0.2, -0.15) is 0 Å². The molecule has 1 unspecified atom stereocenters. The van der Waals surface area contributed by atoms with Crippen LogP contribution in [0.15, 0.2) is 18.3 Å². The number of hydrogen-bond acceptors (Lipinski definition) is 5. The van der Waals surface area contributed by atoms with Gasteiger partial charge in [0.15, 0.2) is 0 Å². The fourth-order valence-electron chi connectivity index (χ4n) is 2.55. The quantitative estimate of drug-likeness (QED) is 0.870. The molecule has 1 aromatic rings. The number of rotatable bonds is 3. The molecular formula is C17H26N4O2. The zero-order valence-corrected chi connectivity index (χ0v) is 14.4. The van der Waals surface area contributed by atoms with E-state index in [1.165, 1.54) is 6.21 Å². The van der Waals surface area contributed by atoms with Crippen LogP contribution < -0.4 is 4.90 Å². The molecule has 6 heteroatoms. The van der Waals surface area contributed by atoms with Crippen LogP contribution in [0.4, 0.5) is 10.6 Å². The molecule has 1 fully saturated rings. The Morgan fingerprint density at radius 2 is 2.00 bits per heavy atom. The van der Waals surface area contributed by atoms with Gasteiger partial charge in [-0.3, -0.25) is 0 Å². The van der Waals surface area contributed by atoms with Gasteiger partial charge < -0.3 is 19.9 Å². The highest BCUT2D eigenvalue weighted by Crippen LogP contribution is 2.25. The molecular weight excluding hydrogens is 292 g/mol. The number of piperazine rings is 1. The highest BCUT2D eigenvalue weighted by Gasteiger charge is 2.27. The van der Waals surface area contributed by atoms with Crippen molar-refractivity contribution >= 4 is 18.1 Å². The Morgan fingerprint density at radius 3 is 2.57 bits per heavy atom. The minimum absolute atomic E-state index is 0.0302. The van der Waals surface area contributed by atoms with Crippen molar-refractivity contribution in [2.24, 2.45) is 0 Å². The molecule has 1 saturated heterocycles. The first-order chi connectivity index (χ1) is 10.8. The van der Waals surface area contributed by atoms with E-state index in [-0.39, 0.29) is 12.0 Å². The van der Waals surface area contributed by atoms with E-state index < -0.39 is 5.60 Å². The lowest BCUT2D eigenvalue weighted by molar-refractivity contribution is 0.0240. The van der Waals surface area contributed by atoms with Crippen LogP contribution in [0.25, 0.3) is 0 Å². The van der Waals surface area contributed by atoms with E-state index in [0.717, 1.165) is 11.4 Å². The van der Waals surface area contributed by atoms with Crippen molar-refractivity contribution < 1.29 is 9.53 Å². The van der Waals surface area contributed by atoms with E-state index in [2.05, 4.69) is 9.88 Å². The van der Waals surface area contributed by atoms with E-state index in [9.17, 15) is 4.79 Å². The fraction of sp³-hybridized carbons (Fsp3) is 0.588. The summed E-state index contributed by atoms with van der Waals surface area (Å²) < 4.78 is 5.42. The number of carbonyl (C=O) groups excluding carboxylic acids is 1. The summed E-state index contributed by atoms with van der Waals surface area (Å²) in [6.07, 6.45) is 2.94. The van der Waals surface area contributed by atoms with E-state index in [4.69, 9.17) is 10.1 Å². The normalized spacial score (nSPS) is 16.9. The number of carbonyl (C=O) groups is 1. The number of amides is 1. The molecule has 1 amide bonds. The van der Waals surface area contributed by atoms with Crippen molar-refractivity contribution in [2.45, 2.75) is 39.2 Å². The molecule has 0 aromatic carbocycles. The molecule has 0 saturated carbocycles. The van der Waals surface area contributed by atoms with E-state index in [1.54, 1.807) is 11.1 Å². The summed E-state index contributed by atoms with van der Waals surface area (Å²) in [7, 11) is 0. The fourth-order valence-corrected chi connectivity index (χ4v) is 2.55. The lowest BCUT2D eigenvalue weighted by atomic mass is 10.0. The van der Waals surface area contributed by atoms with E-state index in [1.807, 2.05) is 39.8 Å². The Balaban J connectivity index is 2.03. The summed E-state index contributed by atoms with van der Waals surface area (Å²) in [6, 6.07) is 3.91. The van der Waals surface area contributed by atoms with Crippen LogP contribution in [0.2, 0.25) is 0 Å². The smallest absolute Gasteiger partial charge is 0.410 e. The highest BCUT2D eigenvalue weighted by atomic mass is 16.6. The van der Waals surface area contributed by atoms with E-state index >= 15 is 0 Å². The van der Waals surface area contributed by atoms with Crippen molar-refractivity contribution in [3.63, 3.8) is 0 Å². The summed E-state index contributed by atoms with van der Waals surface area (Å²) >= 11 is 0. The van der Waals surface area contributed by atoms with Gasteiger partial charge in [-0.15, -0.1) is 0 Å². The molecule has 2 heterocycles. The maximum atomic E-state index is 12.1. The van der Waals surface area contributed by atoms with Gasteiger partial charge in [0, 0.05) is 50.1 Å². The minimum Gasteiger partial charge on any atom is -0.444 e. The third-order valence-corrected chi connectivity index (χ3v) is 3.79. The summed E-state index contributed by atoms with van der Waals surface area (Å²) in [6.45, 7) is 10.3. The number of pyridine rings is 1. The first-order valence-electron chi connectivity index (χ1n) is 8.00. The minimum atomic E-state index is -0.470. The molecule has 6 nitrogen and oxygen atoms in total. The van der Waals surface area contributed by atoms with Crippen LogP contribution in [0, 0.1) is 5.41 Å². The molecule has 23 heavy (non-hydrogen) atoms. The SMILES string of the molecule is CC(C=N)c1cccnc1N1CCN(C(=O)OC(C)(C)C)CC1. The first-order valence-corrected chi connectivity index (χ1v) is 8.00. The van der Waals surface area contributed by atoms with Crippen molar-refractivity contribution in [3.8, 4) is 0 Å². The van der Waals surface area contributed by atoms with Gasteiger partial charge >= 0.3 is 6.09 Å². The molecule has 1 aliphatic rings. The number of aromatic nitrogens is 1. The van der Waals surface area contributed by atoms with Gasteiger partial charge in [0.05, 0.1) is 0 Å². The second kappa shape index (κ2) is 6.98.